The molecule has 0 aliphatic heterocycles. The van der Waals surface area contributed by atoms with E-state index in [0.717, 1.165) is 12.1 Å². The van der Waals surface area contributed by atoms with E-state index in [1.165, 1.54) is 19.3 Å². The van der Waals surface area contributed by atoms with Crippen LogP contribution in [0.4, 0.5) is 8.78 Å². The van der Waals surface area contributed by atoms with E-state index in [4.69, 9.17) is 4.42 Å². The minimum atomic E-state index is -1.34. The molecule has 2 rings (SSSR count). The first-order chi connectivity index (χ1) is 9.88. The summed E-state index contributed by atoms with van der Waals surface area (Å²) in [7, 11) is 0. The topological polar surface area (TPSA) is 62.5 Å². The van der Waals surface area contributed by atoms with E-state index in [9.17, 15) is 18.7 Å². The molecule has 0 aliphatic rings. The Morgan fingerprint density at radius 2 is 2.10 bits per heavy atom. The highest BCUT2D eigenvalue weighted by molar-refractivity contribution is 5.78. The molecule has 2 N–H and O–H groups in total. The third-order valence-corrected chi connectivity index (χ3v) is 3.03. The smallest absolute Gasteiger partial charge is 0.224 e. The Hall–Kier alpha value is -2.21. The van der Waals surface area contributed by atoms with Crippen molar-refractivity contribution in [3.8, 4) is 0 Å². The van der Waals surface area contributed by atoms with E-state index >= 15 is 0 Å². The van der Waals surface area contributed by atoms with Crippen molar-refractivity contribution in [2.75, 3.05) is 6.54 Å². The van der Waals surface area contributed by atoms with Gasteiger partial charge in [-0.15, -0.1) is 0 Å². The zero-order valence-electron chi connectivity index (χ0n) is 11.4. The Morgan fingerprint density at radius 1 is 1.33 bits per heavy atom. The van der Waals surface area contributed by atoms with E-state index < -0.39 is 23.1 Å². The molecule has 0 saturated carbocycles. The lowest BCUT2D eigenvalue weighted by Crippen LogP contribution is -2.39. The fraction of sp³-hybridized carbons (Fsp3) is 0.267. The SMILES string of the molecule is CC(O)(CNC(=O)Cc1ccc(F)c(F)c1)c1ccco1. The van der Waals surface area contributed by atoms with Gasteiger partial charge in [0.25, 0.3) is 0 Å². The average Bonchev–Trinajstić information content (AvgIpc) is 2.96. The summed E-state index contributed by atoms with van der Waals surface area (Å²) in [6, 6.07) is 6.51. The molecule has 1 unspecified atom stereocenters. The first-order valence-electron chi connectivity index (χ1n) is 6.35. The van der Waals surface area contributed by atoms with Crippen molar-refractivity contribution >= 4 is 5.91 Å². The van der Waals surface area contributed by atoms with E-state index in [2.05, 4.69) is 5.32 Å². The zero-order chi connectivity index (χ0) is 15.5. The molecule has 21 heavy (non-hydrogen) atoms. The number of rotatable bonds is 5. The van der Waals surface area contributed by atoms with Crippen LogP contribution in [0, 0.1) is 11.6 Å². The fourth-order valence-electron chi connectivity index (χ4n) is 1.84. The van der Waals surface area contributed by atoms with Crippen molar-refractivity contribution in [1.29, 1.82) is 0 Å². The van der Waals surface area contributed by atoms with Gasteiger partial charge in [-0.05, 0) is 36.8 Å². The van der Waals surface area contributed by atoms with Gasteiger partial charge in [-0.3, -0.25) is 4.79 Å². The normalized spacial score (nSPS) is 13.7. The highest BCUT2D eigenvalue weighted by atomic mass is 19.2. The first kappa shape index (κ1) is 15.2. The van der Waals surface area contributed by atoms with E-state index in [0.29, 0.717) is 11.3 Å². The summed E-state index contributed by atoms with van der Waals surface area (Å²) in [6.07, 6.45) is 1.32. The second-order valence-corrected chi connectivity index (χ2v) is 4.95. The van der Waals surface area contributed by atoms with E-state index in [-0.39, 0.29) is 13.0 Å². The molecule has 112 valence electrons. The lowest BCUT2D eigenvalue weighted by molar-refractivity contribution is -0.121. The van der Waals surface area contributed by atoms with Gasteiger partial charge in [-0.25, -0.2) is 8.78 Å². The number of halogens is 2. The summed E-state index contributed by atoms with van der Waals surface area (Å²) in [5, 5.41) is 12.7. The standard InChI is InChI=1S/C15H15F2NO3/c1-15(20,13-3-2-6-21-13)9-18-14(19)8-10-4-5-11(16)12(17)7-10/h2-7,20H,8-9H2,1H3,(H,18,19). The zero-order valence-corrected chi connectivity index (χ0v) is 11.4. The van der Waals surface area contributed by atoms with Crippen LogP contribution in [0.2, 0.25) is 0 Å². The van der Waals surface area contributed by atoms with Gasteiger partial charge in [-0.2, -0.15) is 0 Å². The molecular formula is C15H15F2NO3. The molecule has 0 saturated heterocycles. The minimum Gasteiger partial charge on any atom is -0.466 e. The third-order valence-electron chi connectivity index (χ3n) is 3.03. The van der Waals surface area contributed by atoms with Gasteiger partial charge >= 0.3 is 0 Å². The highest BCUT2D eigenvalue weighted by Crippen LogP contribution is 2.19. The number of aliphatic hydroxyl groups is 1. The van der Waals surface area contributed by atoms with Crippen LogP contribution >= 0.6 is 0 Å². The van der Waals surface area contributed by atoms with Crippen molar-refractivity contribution < 1.29 is 23.1 Å². The van der Waals surface area contributed by atoms with Crippen LogP contribution < -0.4 is 5.32 Å². The summed E-state index contributed by atoms with van der Waals surface area (Å²) < 4.78 is 30.9. The van der Waals surface area contributed by atoms with Crippen molar-refractivity contribution in [3.05, 3.63) is 59.6 Å². The van der Waals surface area contributed by atoms with Gasteiger partial charge < -0.3 is 14.8 Å². The number of carbonyl (C=O) groups is 1. The van der Waals surface area contributed by atoms with Crippen molar-refractivity contribution in [2.24, 2.45) is 0 Å². The number of nitrogens with one attached hydrogen (secondary N) is 1. The molecule has 1 amide bonds. The fourth-order valence-corrected chi connectivity index (χ4v) is 1.84. The van der Waals surface area contributed by atoms with Crippen LogP contribution in [0.3, 0.4) is 0 Å². The molecule has 1 atom stereocenters. The Morgan fingerprint density at radius 3 is 2.71 bits per heavy atom. The van der Waals surface area contributed by atoms with Crippen LogP contribution in [-0.4, -0.2) is 17.6 Å². The molecule has 0 bridgehead atoms. The van der Waals surface area contributed by atoms with Gasteiger partial charge in [-0.1, -0.05) is 6.07 Å². The van der Waals surface area contributed by atoms with Gasteiger partial charge in [0.1, 0.15) is 11.4 Å². The Balaban J connectivity index is 1.91. The molecule has 0 fully saturated rings. The maximum atomic E-state index is 13.0. The summed E-state index contributed by atoms with van der Waals surface area (Å²) in [4.78, 5) is 11.8. The average molecular weight is 295 g/mol. The second kappa shape index (κ2) is 6.05. The molecule has 0 radical (unpaired) electrons. The summed E-state index contributed by atoms with van der Waals surface area (Å²) in [5.41, 5.74) is -0.989. The number of hydrogen-bond acceptors (Lipinski definition) is 3. The van der Waals surface area contributed by atoms with Crippen molar-refractivity contribution in [2.45, 2.75) is 18.9 Å². The van der Waals surface area contributed by atoms with Gasteiger partial charge in [0.15, 0.2) is 11.6 Å². The monoisotopic (exact) mass is 295 g/mol. The molecule has 2 aromatic rings. The van der Waals surface area contributed by atoms with Crippen molar-refractivity contribution in [1.82, 2.24) is 5.32 Å². The van der Waals surface area contributed by atoms with Gasteiger partial charge in [0.2, 0.25) is 5.91 Å². The number of amides is 1. The van der Waals surface area contributed by atoms with Crippen LogP contribution in [0.15, 0.2) is 41.0 Å². The summed E-state index contributed by atoms with van der Waals surface area (Å²) in [6.45, 7) is 1.45. The molecule has 0 spiro atoms. The lowest BCUT2D eigenvalue weighted by atomic mass is 10.0. The maximum Gasteiger partial charge on any atom is 0.224 e. The second-order valence-electron chi connectivity index (χ2n) is 4.95. The summed E-state index contributed by atoms with van der Waals surface area (Å²) in [5.74, 6) is -2.04. The molecule has 6 heteroatoms. The van der Waals surface area contributed by atoms with Crippen LogP contribution in [0.1, 0.15) is 18.2 Å². The lowest BCUT2D eigenvalue weighted by Gasteiger charge is -2.21. The van der Waals surface area contributed by atoms with E-state index in [1.807, 2.05) is 0 Å². The largest absolute Gasteiger partial charge is 0.466 e. The maximum absolute atomic E-state index is 13.0. The quantitative estimate of drug-likeness (QED) is 0.888. The highest BCUT2D eigenvalue weighted by Gasteiger charge is 2.26. The Bertz CT molecular complexity index is 624. The van der Waals surface area contributed by atoms with E-state index in [1.54, 1.807) is 12.1 Å². The van der Waals surface area contributed by atoms with Gasteiger partial charge in [0, 0.05) is 0 Å². The Labute approximate surface area is 120 Å². The number of hydrogen-bond donors (Lipinski definition) is 2. The van der Waals surface area contributed by atoms with Crippen LogP contribution in [0.5, 0.6) is 0 Å². The summed E-state index contributed by atoms with van der Waals surface area (Å²) >= 11 is 0. The number of benzene rings is 1. The molecule has 1 heterocycles. The molecule has 1 aromatic carbocycles. The molecule has 0 aliphatic carbocycles. The predicted octanol–water partition coefficient (Wildman–Crippen LogP) is 2.12. The van der Waals surface area contributed by atoms with Gasteiger partial charge in [0.05, 0.1) is 19.2 Å². The molecule has 1 aromatic heterocycles. The Kier molecular flexibility index (Phi) is 4.37. The van der Waals surface area contributed by atoms with Crippen molar-refractivity contribution in [3.63, 3.8) is 0 Å². The molecular weight excluding hydrogens is 280 g/mol. The third kappa shape index (κ3) is 3.88. The predicted molar refractivity (Wildman–Crippen MR) is 71.4 cm³/mol. The van der Waals surface area contributed by atoms with Crippen LogP contribution in [0.25, 0.3) is 0 Å². The number of carbonyl (C=O) groups excluding carboxylic acids is 1. The van der Waals surface area contributed by atoms with Crippen LogP contribution in [-0.2, 0) is 16.8 Å². The minimum absolute atomic E-state index is 0.0526. The number of furan rings is 1. The molecule has 4 nitrogen and oxygen atoms in total. The first-order valence-corrected chi connectivity index (χ1v) is 6.35.